The van der Waals surface area contributed by atoms with Crippen molar-refractivity contribution in [1.82, 2.24) is 20.4 Å². The maximum Gasteiger partial charge on any atom is 0.533 e. The lowest BCUT2D eigenvalue weighted by Crippen LogP contribution is -2.60. The molecule has 0 radical (unpaired) electrons. The summed E-state index contributed by atoms with van der Waals surface area (Å²) in [7, 11) is 2.12. The lowest BCUT2D eigenvalue weighted by Gasteiger charge is -2.40. The Balaban J connectivity index is 1.63. The first kappa shape index (κ1) is 40.3. The van der Waals surface area contributed by atoms with E-state index in [0.717, 1.165) is 19.1 Å². The number of carboxylic acids is 1. The van der Waals surface area contributed by atoms with Crippen molar-refractivity contribution in [3.63, 3.8) is 0 Å². The van der Waals surface area contributed by atoms with Crippen molar-refractivity contribution in [2.75, 3.05) is 57.1 Å². The fraction of sp³-hybridized carbons (Fsp3) is 0.323. The van der Waals surface area contributed by atoms with Crippen molar-refractivity contribution < 1.29 is 57.8 Å². The fourth-order valence-corrected chi connectivity index (χ4v) is 4.92. The molecule has 22 heteroatoms. The molecule has 1 atom stereocenters. The highest BCUT2D eigenvalue weighted by Crippen LogP contribution is 2.20. The number of anilines is 2. The lowest BCUT2D eigenvalue weighted by atomic mass is 10.0. The normalized spacial score (nSPS) is 13.5. The standard InChI is InChI=1S/C31H38N10O12/c1-50-30(48)52-40(28(32)33)20-10-8-18(9-11-20)25(45)37-16-23(42)39-14-13-38(17-24(43)44)27(47)22(39)7-4-12-36-26(46)19-5-3-6-21(15-19)41(29(34)35)53-31(49)51-2/h3,5-6,8-11,15,22H,4,7,12-14,16-17H2,1-2H3,(H3,32,33)(H3,34,35)(H,36,46)(H,37,45)(H,43,44)/t22-/m0/s1. The first-order chi connectivity index (χ1) is 25.2. The summed E-state index contributed by atoms with van der Waals surface area (Å²) in [6.07, 6.45) is -2.08. The topological polar surface area (TPSA) is 313 Å². The van der Waals surface area contributed by atoms with Gasteiger partial charge in [0.2, 0.25) is 23.7 Å². The minimum atomic E-state index is -1.24. The minimum Gasteiger partial charge on any atom is -0.480 e. The highest BCUT2D eigenvalue weighted by Gasteiger charge is 2.37. The Morgan fingerprint density at radius 2 is 1.43 bits per heavy atom. The molecular formula is C31H38N10O12. The van der Waals surface area contributed by atoms with Crippen LogP contribution in [-0.4, -0.2) is 122 Å². The second-order valence-electron chi connectivity index (χ2n) is 10.9. The number of ether oxygens (including phenoxy) is 2. The number of nitrogens with one attached hydrogen (secondary N) is 4. The zero-order valence-electron chi connectivity index (χ0n) is 28.5. The molecule has 4 amide bonds. The molecule has 2 aromatic carbocycles. The second kappa shape index (κ2) is 18.7. The number of guanidine groups is 2. The Morgan fingerprint density at radius 1 is 0.849 bits per heavy atom. The Labute approximate surface area is 301 Å². The molecule has 3 rings (SSSR count). The number of nitrogens with zero attached hydrogens (tertiary/aromatic N) is 4. The largest absolute Gasteiger partial charge is 0.533 e. The average molecular weight is 743 g/mol. The van der Waals surface area contributed by atoms with Gasteiger partial charge in [-0.2, -0.15) is 0 Å². The fourth-order valence-electron chi connectivity index (χ4n) is 4.92. The van der Waals surface area contributed by atoms with Crippen LogP contribution in [0.15, 0.2) is 48.5 Å². The average Bonchev–Trinajstić information content (AvgIpc) is 3.13. The summed E-state index contributed by atoms with van der Waals surface area (Å²) in [4.78, 5) is 98.7. The van der Waals surface area contributed by atoms with Gasteiger partial charge < -0.3 is 46.5 Å². The van der Waals surface area contributed by atoms with Crippen LogP contribution in [0.5, 0.6) is 0 Å². The quantitative estimate of drug-likeness (QED) is 0.0476. The van der Waals surface area contributed by atoms with E-state index in [2.05, 4.69) is 20.1 Å². The highest BCUT2D eigenvalue weighted by atomic mass is 16.8. The Hall–Kier alpha value is -7.13. The number of hydrogen-bond donors (Lipinski definition) is 7. The van der Waals surface area contributed by atoms with E-state index in [1.54, 1.807) is 0 Å². The van der Waals surface area contributed by atoms with Gasteiger partial charge in [-0.25, -0.2) is 9.59 Å². The van der Waals surface area contributed by atoms with Crippen LogP contribution in [0.1, 0.15) is 33.6 Å². The number of benzene rings is 2. The van der Waals surface area contributed by atoms with E-state index in [4.69, 9.17) is 32.0 Å². The number of carbonyl (C=O) groups excluding carboxylic acids is 6. The Morgan fingerprint density at radius 3 is 2.00 bits per heavy atom. The number of carbonyl (C=O) groups is 7. The predicted molar refractivity (Wildman–Crippen MR) is 182 cm³/mol. The first-order valence-electron chi connectivity index (χ1n) is 15.5. The van der Waals surface area contributed by atoms with Gasteiger partial charge in [-0.15, -0.1) is 10.1 Å². The summed E-state index contributed by atoms with van der Waals surface area (Å²) in [5, 5.41) is 31.0. The number of methoxy groups -OCH3 is 2. The van der Waals surface area contributed by atoms with Gasteiger partial charge >= 0.3 is 18.3 Å². The molecule has 22 nitrogen and oxygen atoms in total. The summed E-state index contributed by atoms with van der Waals surface area (Å²) in [5.41, 5.74) is 11.3. The second-order valence-corrected chi connectivity index (χ2v) is 10.9. The first-order valence-corrected chi connectivity index (χ1v) is 15.5. The SMILES string of the molecule is COC(=O)ON(C(=N)N)c1ccc(C(=O)NCC(=O)N2CCN(CC(=O)O)C(=O)[C@@H]2CCCNC(=O)c2cccc(N(OC(=O)OC)C(=N)N)c2)cc1. The summed E-state index contributed by atoms with van der Waals surface area (Å²) in [6, 6.07) is 9.84. The van der Waals surface area contributed by atoms with Crippen LogP contribution < -0.4 is 32.2 Å². The van der Waals surface area contributed by atoms with Crippen LogP contribution in [0.3, 0.4) is 0 Å². The Kier molecular flexibility index (Phi) is 14.3. The van der Waals surface area contributed by atoms with Crippen molar-refractivity contribution in [1.29, 1.82) is 10.8 Å². The monoisotopic (exact) mass is 742 g/mol. The van der Waals surface area contributed by atoms with Crippen LogP contribution in [-0.2, 0) is 33.5 Å². The van der Waals surface area contributed by atoms with Gasteiger partial charge in [0.1, 0.15) is 12.6 Å². The van der Waals surface area contributed by atoms with Gasteiger partial charge in [-0.1, -0.05) is 6.07 Å². The predicted octanol–water partition coefficient (Wildman–Crippen LogP) is -0.454. The van der Waals surface area contributed by atoms with E-state index < -0.39 is 73.0 Å². The number of piperazine rings is 1. The molecule has 2 aromatic rings. The minimum absolute atomic E-state index is 0.0202. The van der Waals surface area contributed by atoms with Crippen LogP contribution >= 0.6 is 0 Å². The van der Waals surface area contributed by atoms with Gasteiger partial charge in [0.15, 0.2) is 0 Å². The third-order valence-electron chi connectivity index (χ3n) is 7.38. The molecule has 0 aromatic heterocycles. The van der Waals surface area contributed by atoms with E-state index in [9.17, 15) is 38.7 Å². The van der Waals surface area contributed by atoms with Crippen molar-refractivity contribution >= 4 is 65.2 Å². The number of rotatable bonds is 12. The van der Waals surface area contributed by atoms with E-state index >= 15 is 0 Å². The smallest absolute Gasteiger partial charge is 0.480 e. The van der Waals surface area contributed by atoms with Crippen LogP contribution in [0.2, 0.25) is 0 Å². The van der Waals surface area contributed by atoms with Crippen LogP contribution in [0.25, 0.3) is 0 Å². The summed E-state index contributed by atoms with van der Waals surface area (Å²) in [5.74, 6) is -5.03. The van der Waals surface area contributed by atoms with E-state index in [-0.39, 0.29) is 55.0 Å². The zero-order chi connectivity index (χ0) is 39.2. The van der Waals surface area contributed by atoms with Crippen LogP contribution in [0.4, 0.5) is 21.0 Å². The maximum atomic E-state index is 13.3. The van der Waals surface area contributed by atoms with E-state index in [1.807, 2.05) is 0 Å². The molecule has 284 valence electrons. The highest BCUT2D eigenvalue weighted by molar-refractivity contribution is 5.99. The summed E-state index contributed by atoms with van der Waals surface area (Å²) in [6.45, 7) is -1.15. The summed E-state index contributed by atoms with van der Waals surface area (Å²) >= 11 is 0. The lowest BCUT2D eigenvalue weighted by molar-refractivity contribution is -0.155. The van der Waals surface area contributed by atoms with E-state index in [0.29, 0.717) is 10.1 Å². The number of amides is 4. The molecule has 1 fully saturated rings. The zero-order valence-corrected chi connectivity index (χ0v) is 28.5. The molecule has 9 N–H and O–H groups in total. The van der Waals surface area contributed by atoms with Crippen LogP contribution in [0, 0.1) is 10.8 Å². The van der Waals surface area contributed by atoms with Gasteiger partial charge in [0, 0.05) is 30.8 Å². The third-order valence-corrected chi connectivity index (χ3v) is 7.38. The number of hydroxylamine groups is 2. The van der Waals surface area contributed by atoms with Crippen molar-refractivity contribution in [3.05, 3.63) is 59.7 Å². The molecule has 0 aliphatic carbocycles. The molecule has 0 saturated carbocycles. The van der Waals surface area contributed by atoms with E-state index in [1.165, 1.54) is 53.4 Å². The number of aliphatic carboxylic acids is 1. The molecule has 0 spiro atoms. The number of hydrogen-bond acceptors (Lipinski definition) is 13. The van der Waals surface area contributed by atoms with Gasteiger partial charge in [0.05, 0.1) is 32.1 Å². The van der Waals surface area contributed by atoms with Crippen molar-refractivity contribution in [2.24, 2.45) is 11.5 Å². The molecule has 1 heterocycles. The molecule has 0 bridgehead atoms. The molecule has 0 unspecified atom stereocenters. The molecule has 53 heavy (non-hydrogen) atoms. The van der Waals surface area contributed by atoms with Crippen molar-refractivity contribution in [2.45, 2.75) is 18.9 Å². The molecular weight excluding hydrogens is 704 g/mol. The molecule has 1 saturated heterocycles. The maximum absolute atomic E-state index is 13.3. The van der Waals surface area contributed by atoms with Gasteiger partial charge in [-0.3, -0.25) is 44.5 Å². The van der Waals surface area contributed by atoms with Gasteiger partial charge in [0.25, 0.3) is 11.8 Å². The summed E-state index contributed by atoms with van der Waals surface area (Å²) < 4.78 is 8.80. The number of nitrogens with two attached hydrogens (primary N) is 2. The number of carboxylic acid groups (broad SMARTS) is 1. The third kappa shape index (κ3) is 11.2. The van der Waals surface area contributed by atoms with Crippen molar-refractivity contribution in [3.8, 4) is 0 Å². The Bertz CT molecular complexity index is 1740. The molecule has 1 aliphatic rings. The van der Waals surface area contributed by atoms with Gasteiger partial charge in [-0.05, 0) is 55.3 Å². The molecule has 1 aliphatic heterocycles.